The van der Waals surface area contributed by atoms with Crippen molar-refractivity contribution in [3.63, 3.8) is 0 Å². The zero-order chi connectivity index (χ0) is 16.7. The van der Waals surface area contributed by atoms with Crippen LogP contribution in [-0.4, -0.2) is 32.5 Å². The van der Waals surface area contributed by atoms with Crippen molar-refractivity contribution in [3.05, 3.63) is 53.6 Å². The molecule has 0 fully saturated rings. The predicted octanol–water partition coefficient (Wildman–Crippen LogP) is 1.86. The summed E-state index contributed by atoms with van der Waals surface area (Å²) in [6, 6.07) is 9.98. The first-order valence-corrected chi connectivity index (χ1v) is 5.91. The van der Waals surface area contributed by atoms with Gasteiger partial charge in [-0.25, -0.2) is 9.59 Å². The van der Waals surface area contributed by atoms with Crippen molar-refractivity contribution in [2.24, 2.45) is 0 Å². The highest BCUT2D eigenvalue weighted by molar-refractivity contribution is 5.95. The Balaban J connectivity index is 0.000000220. The number of aromatic carboxylic acids is 2. The molecule has 0 spiro atoms. The number of hydrogen-bond acceptors (Lipinski definition) is 6. The third-order valence-electron chi connectivity index (χ3n) is 2.55. The molecule has 7 N–H and O–H groups in total. The number of nitrogen functional groups attached to an aromatic ring is 1. The first-order chi connectivity index (χ1) is 10.4. The van der Waals surface area contributed by atoms with Gasteiger partial charge in [0.05, 0.1) is 22.5 Å². The van der Waals surface area contributed by atoms with Gasteiger partial charge in [0.2, 0.25) is 0 Å². The van der Waals surface area contributed by atoms with Gasteiger partial charge in [0.1, 0.15) is 5.75 Å². The number of rotatable bonds is 3. The van der Waals surface area contributed by atoms with Crippen molar-refractivity contribution in [2.75, 3.05) is 11.2 Å². The van der Waals surface area contributed by atoms with E-state index in [4.69, 9.17) is 26.3 Å². The van der Waals surface area contributed by atoms with Crippen LogP contribution < -0.4 is 11.2 Å². The van der Waals surface area contributed by atoms with Crippen molar-refractivity contribution < 1.29 is 30.1 Å². The normalized spacial score (nSPS) is 9.32. The van der Waals surface area contributed by atoms with E-state index in [9.17, 15) is 9.59 Å². The Morgan fingerprint density at radius 3 is 2.14 bits per heavy atom. The third-order valence-corrected chi connectivity index (χ3v) is 2.55. The lowest BCUT2D eigenvalue weighted by molar-refractivity contribution is 0.0686. The van der Waals surface area contributed by atoms with Crippen LogP contribution in [0.4, 0.5) is 11.4 Å². The lowest BCUT2D eigenvalue weighted by atomic mass is 10.2. The van der Waals surface area contributed by atoms with Gasteiger partial charge < -0.3 is 21.1 Å². The fraction of sp³-hybridized carbons (Fsp3) is 0. The van der Waals surface area contributed by atoms with Crippen LogP contribution in [0.15, 0.2) is 42.5 Å². The highest BCUT2D eigenvalue weighted by atomic mass is 16.5. The number of phenolic OH excluding ortho intramolecular Hbond substituents is 1. The molecule has 116 valence electrons. The van der Waals surface area contributed by atoms with Gasteiger partial charge >= 0.3 is 11.9 Å². The van der Waals surface area contributed by atoms with E-state index < -0.39 is 11.9 Å². The number of hydrogen-bond donors (Lipinski definition) is 6. The van der Waals surface area contributed by atoms with Gasteiger partial charge in [0.25, 0.3) is 0 Å². The largest absolute Gasteiger partial charge is 0.506 e. The molecule has 2 aromatic carbocycles. The van der Waals surface area contributed by atoms with Crippen LogP contribution in [0.25, 0.3) is 0 Å². The van der Waals surface area contributed by atoms with Gasteiger partial charge in [0.15, 0.2) is 0 Å². The molecule has 2 rings (SSSR count). The van der Waals surface area contributed by atoms with Crippen LogP contribution >= 0.6 is 0 Å². The molecule has 0 aliphatic heterocycles. The van der Waals surface area contributed by atoms with Crippen LogP contribution in [0.3, 0.4) is 0 Å². The van der Waals surface area contributed by atoms with Gasteiger partial charge in [-0.2, -0.15) is 0 Å². The third kappa shape index (κ3) is 4.39. The van der Waals surface area contributed by atoms with E-state index in [1.807, 2.05) is 5.48 Å². The zero-order valence-electron chi connectivity index (χ0n) is 11.2. The van der Waals surface area contributed by atoms with Gasteiger partial charge in [-0.1, -0.05) is 12.1 Å². The molecule has 0 saturated carbocycles. The van der Waals surface area contributed by atoms with E-state index in [0.717, 1.165) is 0 Å². The predicted molar refractivity (Wildman–Crippen MR) is 78.3 cm³/mol. The monoisotopic (exact) mass is 306 g/mol. The number of para-hydroxylation sites is 1. The summed E-state index contributed by atoms with van der Waals surface area (Å²) >= 11 is 0. The second kappa shape index (κ2) is 7.50. The van der Waals surface area contributed by atoms with Crippen molar-refractivity contribution in [1.29, 1.82) is 0 Å². The SMILES string of the molecule is Nc1c(O)cccc1C(=O)O.O=C(O)c1cccc(NO)c1. The lowest BCUT2D eigenvalue weighted by Gasteiger charge is -2.00. The van der Waals surface area contributed by atoms with Crippen molar-refractivity contribution >= 4 is 23.3 Å². The fourth-order valence-electron chi connectivity index (χ4n) is 1.46. The molecule has 0 amide bonds. The van der Waals surface area contributed by atoms with E-state index in [-0.39, 0.29) is 22.6 Å². The summed E-state index contributed by atoms with van der Waals surface area (Å²) in [5.41, 5.74) is 7.44. The minimum absolute atomic E-state index is 0.0787. The smallest absolute Gasteiger partial charge is 0.337 e. The standard InChI is InChI=1S/2C7H7NO3/c9-7(10)5-2-1-3-6(4-5)8-11;8-6-4(7(10)11)2-1-3-5(6)9/h1-4,8,11H,(H,9,10);1-3,9H,8H2,(H,10,11). The number of benzene rings is 2. The second-order valence-corrected chi connectivity index (χ2v) is 4.04. The highest BCUT2D eigenvalue weighted by Gasteiger charge is 2.09. The van der Waals surface area contributed by atoms with E-state index in [1.165, 1.54) is 30.3 Å². The van der Waals surface area contributed by atoms with Gasteiger partial charge in [-0.3, -0.25) is 10.7 Å². The highest BCUT2D eigenvalue weighted by Crippen LogP contribution is 2.22. The first kappa shape index (κ1) is 16.8. The number of carboxylic acids is 2. The summed E-state index contributed by atoms with van der Waals surface area (Å²) in [5.74, 6) is -2.36. The Labute approximate surface area is 125 Å². The fourth-order valence-corrected chi connectivity index (χ4v) is 1.46. The molecule has 0 heterocycles. The minimum atomic E-state index is -1.14. The number of aromatic hydroxyl groups is 1. The molecular formula is C14H14N2O6. The van der Waals surface area contributed by atoms with E-state index in [1.54, 1.807) is 12.1 Å². The summed E-state index contributed by atoms with van der Waals surface area (Å²) in [5, 5.41) is 34.4. The van der Waals surface area contributed by atoms with Gasteiger partial charge in [-0.15, -0.1) is 0 Å². The Kier molecular flexibility index (Phi) is 5.73. The molecule has 0 aliphatic carbocycles. The van der Waals surface area contributed by atoms with Gasteiger partial charge in [-0.05, 0) is 30.3 Å². The summed E-state index contributed by atoms with van der Waals surface area (Å²) < 4.78 is 0. The first-order valence-electron chi connectivity index (χ1n) is 5.91. The van der Waals surface area contributed by atoms with Crippen LogP contribution in [0.1, 0.15) is 20.7 Å². The summed E-state index contributed by atoms with van der Waals surface area (Å²) in [6.07, 6.45) is 0. The van der Waals surface area contributed by atoms with Crippen molar-refractivity contribution in [3.8, 4) is 5.75 Å². The number of anilines is 2. The molecule has 0 saturated heterocycles. The average Bonchev–Trinajstić information content (AvgIpc) is 2.50. The molecule has 22 heavy (non-hydrogen) atoms. The van der Waals surface area contributed by atoms with E-state index in [0.29, 0.717) is 5.69 Å². The summed E-state index contributed by atoms with van der Waals surface area (Å²) in [7, 11) is 0. The molecule has 8 nitrogen and oxygen atoms in total. The van der Waals surface area contributed by atoms with Crippen LogP contribution in [0.2, 0.25) is 0 Å². The molecule has 0 atom stereocenters. The Bertz CT molecular complexity index is 687. The quantitative estimate of drug-likeness (QED) is 0.285. The van der Waals surface area contributed by atoms with Gasteiger partial charge in [0, 0.05) is 0 Å². The maximum atomic E-state index is 10.4. The molecular weight excluding hydrogens is 292 g/mol. The van der Waals surface area contributed by atoms with E-state index in [2.05, 4.69) is 0 Å². The molecule has 0 radical (unpaired) electrons. The zero-order valence-corrected chi connectivity index (χ0v) is 11.2. The number of nitrogens with one attached hydrogen (secondary N) is 1. The Morgan fingerprint density at radius 1 is 1.00 bits per heavy atom. The molecule has 8 heteroatoms. The van der Waals surface area contributed by atoms with Crippen LogP contribution in [0.5, 0.6) is 5.75 Å². The topological polar surface area (TPSA) is 153 Å². The molecule has 2 aromatic rings. The molecule has 0 unspecified atom stereocenters. The number of nitrogens with two attached hydrogens (primary N) is 1. The Hall–Kier alpha value is -3.26. The number of phenols is 1. The van der Waals surface area contributed by atoms with Crippen LogP contribution in [-0.2, 0) is 0 Å². The molecule has 0 aromatic heterocycles. The van der Waals surface area contributed by atoms with Crippen molar-refractivity contribution in [1.82, 2.24) is 0 Å². The average molecular weight is 306 g/mol. The summed E-state index contributed by atoms with van der Waals surface area (Å²) in [4.78, 5) is 20.7. The molecule has 0 bridgehead atoms. The second-order valence-electron chi connectivity index (χ2n) is 4.04. The number of carbonyl (C=O) groups is 2. The maximum Gasteiger partial charge on any atom is 0.337 e. The maximum absolute atomic E-state index is 10.4. The van der Waals surface area contributed by atoms with E-state index >= 15 is 0 Å². The molecule has 0 aliphatic rings. The number of carboxylic acid groups (broad SMARTS) is 2. The Morgan fingerprint density at radius 2 is 1.64 bits per heavy atom. The van der Waals surface area contributed by atoms with Crippen molar-refractivity contribution in [2.45, 2.75) is 0 Å². The van der Waals surface area contributed by atoms with Crippen LogP contribution in [0, 0.1) is 0 Å². The minimum Gasteiger partial charge on any atom is -0.506 e. The lowest BCUT2D eigenvalue weighted by Crippen LogP contribution is -2.01. The summed E-state index contributed by atoms with van der Waals surface area (Å²) in [6.45, 7) is 0.